The molecule has 5 aromatic rings. The number of carbonyl (C=O) groups is 1. The lowest BCUT2D eigenvalue weighted by molar-refractivity contribution is -0.113. The maximum absolute atomic E-state index is 13.9. The number of benzene rings is 3. The molecule has 1 N–H and O–H groups in total. The van der Waals surface area contributed by atoms with E-state index in [4.69, 9.17) is 4.98 Å². The van der Waals surface area contributed by atoms with Crippen molar-refractivity contribution in [3.63, 3.8) is 0 Å². The summed E-state index contributed by atoms with van der Waals surface area (Å²) in [4.78, 5) is 31.6. The van der Waals surface area contributed by atoms with Gasteiger partial charge >= 0.3 is 0 Å². The third-order valence-corrected chi connectivity index (χ3v) is 6.97. The topological polar surface area (TPSA) is 64.0 Å². The minimum atomic E-state index is -0.506. The molecule has 1 amide bonds. The van der Waals surface area contributed by atoms with Gasteiger partial charge in [0.1, 0.15) is 10.6 Å². The second-order valence-corrected chi connectivity index (χ2v) is 9.18. The van der Waals surface area contributed by atoms with E-state index in [1.165, 1.54) is 28.0 Å². The Morgan fingerprint density at radius 2 is 1.65 bits per heavy atom. The summed E-state index contributed by atoms with van der Waals surface area (Å²) in [6.45, 7) is 0. The molecule has 0 fully saturated rings. The van der Waals surface area contributed by atoms with Crippen LogP contribution in [0.4, 0.5) is 10.1 Å². The van der Waals surface area contributed by atoms with Gasteiger partial charge < -0.3 is 5.32 Å². The van der Waals surface area contributed by atoms with E-state index in [1.54, 1.807) is 12.1 Å². The Kier molecular flexibility index (Phi) is 6.24. The molecule has 2 aromatic heterocycles. The van der Waals surface area contributed by atoms with Crippen molar-refractivity contribution >= 4 is 44.9 Å². The number of aromatic nitrogens is 2. The predicted molar refractivity (Wildman–Crippen MR) is 136 cm³/mol. The van der Waals surface area contributed by atoms with Crippen molar-refractivity contribution in [2.75, 3.05) is 11.1 Å². The van der Waals surface area contributed by atoms with Gasteiger partial charge in [0.05, 0.1) is 22.5 Å². The number of nitrogens with zero attached hydrogens (tertiary/aromatic N) is 2. The fraction of sp³-hybridized carbons (Fsp3) is 0.0385. The number of thiophene rings is 1. The molecule has 5 nitrogen and oxygen atoms in total. The third-order valence-electron chi connectivity index (χ3n) is 5.16. The third kappa shape index (κ3) is 4.37. The van der Waals surface area contributed by atoms with Crippen molar-refractivity contribution in [1.82, 2.24) is 9.55 Å². The highest BCUT2D eigenvalue weighted by atomic mass is 32.2. The molecule has 0 saturated carbocycles. The summed E-state index contributed by atoms with van der Waals surface area (Å²) in [5.74, 6) is -0.926. The Balaban J connectivity index is 1.54. The fourth-order valence-corrected chi connectivity index (χ4v) is 5.38. The molecule has 5 rings (SSSR count). The SMILES string of the molecule is O=C(CSc1nc2scc(-c3ccccc3)c2c(=O)n1-c1ccccc1)Nc1ccccc1F. The first kappa shape index (κ1) is 22.1. The summed E-state index contributed by atoms with van der Waals surface area (Å²) in [6, 6.07) is 24.9. The molecule has 0 spiro atoms. The van der Waals surface area contributed by atoms with Crippen molar-refractivity contribution in [3.05, 3.63) is 106 Å². The number of fused-ring (bicyclic) bond motifs is 1. The molecule has 2 heterocycles. The number of hydrogen-bond donors (Lipinski definition) is 1. The number of para-hydroxylation sites is 2. The number of amides is 1. The van der Waals surface area contributed by atoms with Crippen molar-refractivity contribution in [2.24, 2.45) is 0 Å². The van der Waals surface area contributed by atoms with Crippen molar-refractivity contribution in [2.45, 2.75) is 5.16 Å². The van der Waals surface area contributed by atoms with E-state index in [2.05, 4.69) is 5.32 Å². The van der Waals surface area contributed by atoms with Crippen LogP contribution in [0.15, 0.2) is 100 Å². The van der Waals surface area contributed by atoms with Gasteiger partial charge in [-0.05, 0) is 29.8 Å². The normalized spacial score (nSPS) is 11.0. The van der Waals surface area contributed by atoms with Crippen LogP contribution in [0.3, 0.4) is 0 Å². The van der Waals surface area contributed by atoms with Gasteiger partial charge in [0.25, 0.3) is 5.56 Å². The van der Waals surface area contributed by atoms with E-state index in [0.29, 0.717) is 21.1 Å². The Labute approximate surface area is 202 Å². The highest BCUT2D eigenvalue weighted by molar-refractivity contribution is 7.99. The van der Waals surface area contributed by atoms with Crippen LogP contribution >= 0.6 is 23.1 Å². The minimum Gasteiger partial charge on any atom is -0.323 e. The molecule has 3 aromatic carbocycles. The average Bonchev–Trinajstić information content (AvgIpc) is 3.30. The predicted octanol–water partition coefficient (Wildman–Crippen LogP) is 5.98. The number of nitrogens with one attached hydrogen (secondary N) is 1. The van der Waals surface area contributed by atoms with Gasteiger partial charge in [0.15, 0.2) is 5.16 Å². The number of rotatable bonds is 6. The largest absolute Gasteiger partial charge is 0.323 e. The van der Waals surface area contributed by atoms with E-state index in [0.717, 1.165) is 22.9 Å². The molecular weight excluding hydrogens is 469 g/mol. The molecule has 0 aliphatic carbocycles. The summed E-state index contributed by atoms with van der Waals surface area (Å²) in [5.41, 5.74) is 2.34. The van der Waals surface area contributed by atoms with Gasteiger partial charge in [-0.2, -0.15) is 0 Å². The Morgan fingerprint density at radius 3 is 2.38 bits per heavy atom. The van der Waals surface area contributed by atoms with Crippen molar-refractivity contribution < 1.29 is 9.18 Å². The van der Waals surface area contributed by atoms with Gasteiger partial charge in [-0.1, -0.05) is 72.4 Å². The van der Waals surface area contributed by atoms with E-state index in [-0.39, 0.29) is 22.9 Å². The van der Waals surface area contributed by atoms with Gasteiger partial charge in [-0.15, -0.1) is 11.3 Å². The average molecular weight is 488 g/mol. The molecule has 0 saturated heterocycles. The van der Waals surface area contributed by atoms with E-state index in [1.807, 2.05) is 66.0 Å². The van der Waals surface area contributed by atoms with Crippen LogP contribution < -0.4 is 10.9 Å². The number of anilines is 1. The summed E-state index contributed by atoms with van der Waals surface area (Å²) < 4.78 is 15.4. The molecule has 168 valence electrons. The molecule has 0 aliphatic rings. The number of thioether (sulfide) groups is 1. The summed E-state index contributed by atoms with van der Waals surface area (Å²) in [6.07, 6.45) is 0. The molecule has 34 heavy (non-hydrogen) atoms. The van der Waals surface area contributed by atoms with Gasteiger partial charge in [-0.3, -0.25) is 14.2 Å². The fourth-order valence-electron chi connectivity index (χ4n) is 3.58. The van der Waals surface area contributed by atoms with Crippen LogP contribution in [0.5, 0.6) is 0 Å². The number of carbonyl (C=O) groups excluding carboxylic acids is 1. The first-order valence-corrected chi connectivity index (χ1v) is 12.3. The molecule has 0 radical (unpaired) electrons. The zero-order chi connectivity index (χ0) is 23.5. The maximum atomic E-state index is 13.9. The number of halogens is 1. The Morgan fingerprint density at radius 1 is 0.971 bits per heavy atom. The standard InChI is InChI=1S/C26H18FN3O2S2/c27-20-13-7-8-14-21(20)28-22(31)16-34-26-29-24-23(19(15-33-24)17-9-3-1-4-10-17)25(32)30(26)18-11-5-2-6-12-18/h1-15H,16H2,(H,28,31). The molecule has 8 heteroatoms. The van der Waals surface area contributed by atoms with E-state index >= 15 is 0 Å². The summed E-state index contributed by atoms with van der Waals surface area (Å²) in [7, 11) is 0. The van der Waals surface area contributed by atoms with Gasteiger partial charge in [-0.25, -0.2) is 9.37 Å². The zero-order valence-electron chi connectivity index (χ0n) is 17.8. The smallest absolute Gasteiger partial charge is 0.268 e. The van der Waals surface area contributed by atoms with E-state index in [9.17, 15) is 14.0 Å². The summed E-state index contributed by atoms with van der Waals surface area (Å²) >= 11 is 2.53. The van der Waals surface area contributed by atoms with Crippen LogP contribution in [0.1, 0.15) is 0 Å². The molecule has 0 atom stereocenters. The lowest BCUT2D eigenvalue weighted by Gasteiger charge is -2.13. The van der Waals surface area contributed by atoms with Gasteiger partial charge in [0.2, 0.25) is 5.91 Å². The molecule has 0 unspecified atom stereocenters. The first-order valence-electron chi connectivity index (χ1n) is 10.4. The highest BCUT2D eigenvalue weighted by Gasteiger charge is 2.19. The summed E-state index contributed by atoms with van der Waals surface area (Å²) in [5, 5.41) is 5.44. The quantitative estimate of drug-likeness (QED) is 0.236. The number of hydrogen-bond acceptors (Lipinski definition) is 5. The maximum Gasteiger partial charge on any atom is 0.268 e. The lowest BCUT2D eigenvalue weighted by atomic mass is 10.1. The monoisotopic (exact) mass is 487 g/mol. The second-order valence-electron chi connectivity index (χ2n) is 7.38. The van der Waals surface area contributed by atoms with E-state index < -0.39 is 5.82 Å². The minimum absolute atomic E-state index is 0.0317. The first-order chi connectivity index (χ1) is 16.6. The molecular formula is C26H18FN3O2S2. The highest BCUT2D eigenvalue weighted by Crippen LogP contribution is 2.33. The van der Waals surface area contributed by atoms with Crippen LogP contribution in [0.2, 0.25) is 0 Å². The molecule has 0 aliphatic heterocycles. The van der Waals surface area contributed by atoms with Crippen LogP contribution in [0, 0.1) is 5.82 Å². The Hall–Kier alpha value is -3.75. The molecule has 0 bridgehead atoms. The second kappa shape index (κ2) is 9.62. The van der Waals surface area contributed by atoms with Crippen molar-refractivity contribution in [1.29, 1.82) is 0 Å². The van der Waals surface area contributed by atoms with Crippen LogP contribution in [-0.4, -0.2) is 21.2 Å². The zero-order valence-corrected chi connectivity index (χ0v) is 19.4. The van der Waals surface area contributed by atoms with Gasteiger partial charge in [0, 0.05) is 10.9 Å². The van der Waals surface area contributed by atoms with Crippen LogP contribution in [-0.2, 0) is 4.79 Å². The van der Waals surface area contributed by atoms with Crippen molar-refractivity contribution in [3.8, 4) is 16.8 Å². The lowest BCUT2D eigenvalue weighted by Crippen LogP contribution is -2.22. The Bertz CT molecular complexity index is 1530. The van der Waals surface area contributed by atoms with Crippen LogP contribution in [0.25, 0.3) is 27.0 Å².